The van der Waals surface area contributed by atoms with E-state index in [9.17, 15) is 4.79 Å². The van der Waals surface area contributed by atoms with E-state index in [-0.39, 0.29) is 5.91 Å². The van der Waals surface area contributed by atoms with Gasteiger partial charge in [0.2, 0.25) is 5.91 Å². The third-order valence-electron chi connectivity index (χ3n) is 4.09. The zero-order valence-electron chi connectivity index (χ0n) is 13.7. The molecule has 0 atom stereocenters. The summed E-state index contributed by atoms with van der Waals surface area (Å²) in [5, 5.41) is 9.86. The Morgan fingerprint density at radius 3 is 3.00 bits per heavy atom. The molecule has 24 heavy (non-hydrogen) atoms. The molecule has 2 aromatic rings. The Labute approximate surface area is 146 Å². The second-order valence-electron chi connectivity index (χ2n) is 5.79. The second-order valence-corrected chi connectivity index (χ2v) is 6.88. The van der Waals surface area contributed by atoms with Gasteiger partial charge in [0, 0.05) is 30.1 Å². The van der Waals surface area contributed by atoms with Gasteiger partial charge >= 0.3 is 0 Å². The summed E-state index contributed by atoms with van der Waals surface area (Å²) in [6.07, 6.45) is 2.49. The van der Waals surface area contributed by atoms with E-state index in [1.165, 1.54) is 17.3 Å². The van der Waals surface area contributed by atoms with E-state index in [1.807, 2.05) is 36.1 Å². The van der Waals surface area contributed by atoms with Gasteiger partial charge in [0.05, 0.1) is 5.56 Å². The van der Waals surface area contributed by atoms with E-state index in [0.29, 0.717) is 22.8 Å². The second kappa shape index (κ2) is 7.50. The molecule has 0 radical (unpaired) electrons. The van der Waals surface area contributed by atoms with Crippen molar-refractivity contribution in [1.29, 1.82) is 5.26 Å². The smallest absolute Gasteiger partial charge is 0.227 e. The zero-order chi connectivity index (χ0) is 16.9. The molecule has 1 amide bonds. The number of carbonyl (C=O) groups is 1. The maximum atomic E-state index is 12.6. The van der Waals surface area contributed by atoms with Gasteiger partial charge in [0.15, 0.2) is 0 Å². The number of amides is 1. The molecule has 5 heteroatoms. The average molecular weight is 337 g/mol. The molecule has 1 aliphatic heterocycles. The van der Waals surface area contributed by atoms with Crippen LogP contribution in [0.3, 0.4) is 0 Å². The Hall–Kier alpha value is -2.32. The molecule has 0 aliphatic carbocycles. The van der Waals surface area contributed by atoms with Crippen LogP contribution >= 0.6 is 11.8 Å². The number of hydrogen-bond donors (Lipinski definition) is 0. The van der Waals surface area contributed by atoms with E-state index < -0.39 is 0 Å². The molecule has 0 N–H and O–H groups in total. The molecular formula is C19H19N3OS. The summed E-state index contributed by atoms with van der Waals surface area (Å²) in [5.41, 5.74) is 3.75. The molecular weight excluding hydrogens is 318 g/mol. The minimum atomic E-state index is 0.140. The van der Waals surface area contributed by atoms with Crippen molar-refractivity contribution >= 4 is 23.4 Å². The van der Waals surface area contributed by atoms with Crippen LogP contribution in [0.15, 0.2) is 41.4 Å². The van der Waals surface area contributed by atoms with Crippen LogP contribution in [0.2, 0.25) is 0 Å². The van der Waals surface area contributed by atoms with Crippen LogP contribution in [0.5, 0.6) is 0 Å². The van der Waals surface area contributed by atoms with Gasteiger partial charge in [0.1, 0.15) is 11.1 Å². The maximum Gasteiger partial charge on any atom is 0.227 e. The van der Waals surface area contributed by atoms with Crippen LogP contribution in [-0.2, 0) is 11.2 Å². The van der Waals surface area contributed by atoms with E-state index in [1.54, 1.807) is 6.07 Å². The number of nitriles is 1. The fourth-order valence-corrected chi connectivity index (χ4v) is 3.84. The molecule has 0 unspecified atom stereocenters. The number of hydrogen-bond acceptors (Lipinski definition) is 4. The lowest BCUT2D eigenvalue weighted by atomic mass is 10.0. The monoisotopic (exact) mass is 337 g/mol. The number of rotatable bonds is 4. The van der Waals surface area contributed by atoms with Gasteiger partial charge < -0.3 is 4.90 Å². The zero-order valence-corrected chi connectivity index (χ0v) is 14.5. The molecule has 2 heterocycles. The van der Waals surface area contributed by atoms with Crippen LogP contribution in [0.4, 0.5) is 5.69 Å². The van der Waals surface area contributed by atoms with Gasteiger partial charge in [-0.2, -0.15) is 5.26 Å². The molecule has 4 nitrogen and oxygen atoms in total. The maximum absolute atomic E-state index is 12.6. The Kier molecular flexibility index (Phi) is 5.17. The van der Waals surface area contributed by atoms with Crippen molar-refractivity contribution in [2.24, 2.45) is 0 Å². The predicted octanol–water partition coefficient (Wildman–Crippen LogP) is 3.72. The molecule has 0 bridgehead atoms. The highest BCUT2D eigenvalue weighted by Gasteiger charge is 2.21. The summed E-state index contributed by atoms with van der Waals surface area (Å²) in [7, 11) is 0. The van der Waals surface area contributed by atoms with E-state index in [4.69, 9.17) is 5.26 Å². The molecule has 122 valence electrons. The number of aryl methyl sites for hydroxylation is 2. The molecule has 1 aromatic carbocycles. The van der Waals surface area contributed by atoms with Crippen LogP contribution in [0.1, 0.15) is 29.7 Å². The standard InChI is InChI=1S/C19H19N3OS/c1-14-8-9-16(13-20)19(21-14)24-12-10-18(23)22-11-4-6-15-5-2-3-7-17(15)22/h2-3,5,7-9H,4,6,10-12H2,1H3. The highest BCUT2D eigenvalue weighted by atomic mass is 32.2. The first-order chi connectivity index (χ1) is 11.7. The summed E-state index contributed by atoms with van der Waals surface area (Å²) in [5.74, 6) is 0.767. The number of para-hydroxylation sites is 1. The van der Waals surface area contributed by atoms with Gasteiger partial charge in [-0.1, -0.05) is 18.2 Å². The number of aromatic nitrogens is 1. The number of carbonyl (C=O) groups excluding carboxylic acids is 1. The van der Waals surface area contributed by atoms with Gasteiger partial charge in [-0.3, -0.25) is 4.79 Å². The Bertz CT molecular complexity index is 797. The normalized spacial score (nSPS) is 13.2. The van der Waals surface area contributed by atoms with Crippen molar-refractivity contribution in [2.75, 3.05) is 17.2 Å². The van der Waals surface area contributed by atoms with E-state index >= 15 is 0 Å². The first kappa shape index (κ1) is 16.5. The fourth-order valence-electron chi connectivity index (χ4n) is 2.89. The summed E-state index contributed by atoms with van der Waals surface area (Å²) in [4.78, 5) is 18.9. The number of benzene rings is 1. The van der Waals surface area contributed by atoms with Crippen molar-refractivity contribution < 1.29 is 4.79 Å². The lowest BCUT2D eigenvalue weighted by Crippen LogP contribution is -2.35. The minimum absolute atomic E-state index is 0.140. The highest BCUT2D eigenvalue weighted by molar-refractivity contribution is 7.99. The van der Waals surface area contributed by atoms with E-state index in [2.05, 4.69) is 17.1 Å². The largest absolute Gasteiger partial charge is 0.312 e. The summed E-state index contributed by atoms with van der Waals surface area (Å²) in [6.45, 7) is 2.69. The Morgan fingerprint density at radius 2 is 2.17 bits per heavy atom. The molecule has 0 saturated carbocycles. The molecule has 1 aromatic heterocycles. The molecule has 0 spiro atoms. The van der Waals surface area contributed by atoms with Crippen molar-refractivity contribution in [1.82, 2.24) is 4.98 Å². The van der Waals surface area contributed by atoms with Crippen LogP contribution < -0.4 is 4.90 Å². The van der Waals surface area contributed by atoms with E-state index in [0.717, 1.165) is 30.8 Å². The number of anilines is 1. The first-order valence-corrected chi connectivity index (χ1v) is 9.06. The SMILES string of the molecule is Cc1ccc(C#N)c(SCCC(=O)N2CCCc3ccccc32)n1. The summed E-state index contributed by atoms with van der Waals surface area (Å²) in [6, 6.07) is 13.9. The fraction of sp³-hybridized carbons (Fsp3) is 0.316. The quantitative estimate of drug-likeness (QED) is 0.798. The molecule has 0 saturated heterocycles. The summed E-state index contributed by atoms with van der Waals surface area (Å²) < 4.78 is 0. The number of fused-ring (bicyclic) bond motifs is 1. The Morgan fingerprint density at radius 1 is 1.33 bits per heavy atom. The number of thioether (sulfide) groups is 1. The lowest BCUT2D eigenvalue weighted by molar-refractivity contribution is -0.118. The molecule has 3 rings (SSSR count). The van der Waals surface area contributed by atoms with Crippen LogP contribution in [0, 0.1) is 18.3 Å². The van der Waals surface area contributed by atoms with Crippen LogP contribution in [0.25, 0.3) is 0 Å². The van der Waals surface area contributed by atoms with Crippen molar-refractivity contribution in [3.05, 3.63) is 53.2 Å². The van der Waals surface area contributed by atoms with Crippen molar-refractivity contribution in [3.63, 3.8) is 0 Å². The van der Waals surface area contributed by atoms with Crippen LogP contribution in [-0.4, -0.2) is 23.2 Å². The van der Waals surface area contributed by atoms with Crippen molar-refractivity contribution in [2.45, 2.75) is 31.2 Å². The number of pyridine rings is 1. The first-order valence-electron chi connectivity index (χ1n) is 8.08. The van der Waals surface area contributed by atoms with Crippen molar-refractivity contribution in [3.8, 4) is 6.07 Å². The topological polar surface area (TPSA) is 57.0 Å². The minimum Gasteiger partial charge on any atom is -0.312 e. The molecule has 0 fully saturated rings. The van der Waals surface area contributed by atoms with Gasteiger partial charge in [-0.15, -0.1) is 11.8 Å². The van der Waals surface area contributed by atoms with Gasteiger partial charge in [-0.25, -0.2) is 4.98 Å². The van der Waals surface area contributed by atoms with Gasteiger partial charge in [0.25, 0.3) is 0 Å². The third-order valence-corrected chi connectivity index (χ3v) is 5.08. The van der Waals surface area contributed by atoms with Gasteiger partial charge in [-0.05, 0) is 43.5 Å². The highest BCUT2D eigenvalue weighted by Crippen LogP contribution is 2.28. The number of nitrogens with zero attached hydrogens (tertiary/aromatic N) is 3. The summed E-state index contributed by atoms with van der Waals surface area (Å²) >= 11 is 1.48. The average Bonchev–Trinajstić information content (AvgIpc) is 2.61. The molecule has 1 aliphatic rings. The third kappa shape index (κ3) is 3.60. The lowest BCUT2D eigenvalue weighted by Gasteiger charge is -2.29. The Balaban J connectivity index is 1.63. The predicted molar refractivity (Wildman–Crippen MR) is 96.1 cm³/mol.